The Balaban J connectivity index is 1.98. The zero-order valence-corrected chi connectivity index (χ0v) is 12.4. The molecule has 0 aliphatic carbocycles. The number of anilines is 1. The van der Waals surface area contributed by atoms with Crippen molar-refractivity contribution in [2.24, 2.45) is 0 Å². The molecule has 20 heavy (non-hydrogen) atoms. The third-order valence-electron chi connectivity index (χ3n) is 3.51. The number of para-hydroxylation sites is 1. The molecule has 0 atom stereocenters. The highest BCUT2D eigenvalue weighted by molar-refractivity contribution is 5.51. The molecule has 0 aliphatic heterocycles. The summed E-state index contributed by atoms with van der Waals surface area (Å²) < 4.78 is 5.16. The van der Waals surface area contributed by atoms with Crippen molar-refractivity contribution in [1.82, 2.24) is 0 Å². The standard InChI is InChI=1S/C18H23NO/c1-3-15-8-10-16(11-9-15)14-19-18-7-5-4-6-17(18)12-13-20-2/h4-11,19H,3,12-14H2,1-2H3. The number of hydrogen-bond acceptors (Lipinski definition) is 2. The Bertz CT molecular complexity index is 519. The molecule has 2 rings (SSSR count). The Morgan fingerprint density at radius 1 is 0.950 bits per heavy atom. The highest BCUT2D eigenvalue weighted by Crippen LogP contribution is 2.17. The van der Waals surface area contributed by atoms with Gasteiger partial charge in [-0.05, 0) is 35.6 Å². The van der Waals surface area contributed by atoms with Crippen LogP contribution in [0.1, 0.15) is 23.6 Å². The lowest BCUT2D eigenvalue weighted by molar-refractivity contribution is 0.202. The van der Waals surface area contributed by atoms with E-state index in [0.717, 1.165) is 26.0 Å². The van der Waals surface area contributed by atoms with E-state index in [1.54, 1.807) is 7.11 Å². The largest absolute Gasteiger partial charge is 0.384 e. The molecule has 0 aromatic heterocycles. The van der Waals surface area contributed by atoms with Gasteiger partial charge in [0.05, 0.1) is 6.61 Å². The first-order chi connectivity index (χ1) is 9.83. The van der Waals surface area contributed by atoms with Gasteiger partial charge in [0, 0.05) is 19.3 Å². The molecule has 0 radical (unpaired) electrons. The molecule has 1 N–H and O–H groups in total. The van der Waals surface area contributed by atoms with Crippen molar-refractivity contribution >= 4 is 5.69 Å². The van der Waals surface area contributed by atoms with Gasteiger partial charge in [-0.1, -0.05) is 49.4 Å². The fraction of sp³-hybridized carbons (Fsp3) is 0.333. The highest BCUT2D eigenvalue weighted by atomic mass is 16.5. The molecule has 2 heteroatoms. The normalized spacial score (nSPS) is 10.5. The molecule has 2 aromatic rings. The molecule has 0 fully saturated rings. The fourth-order valence-electron chi connectivity index (χ4n) is 2.21. The van der Waals surface area contributed by atoms with Crippen molar-refractivity contribution in [3.63, 3.8) is 0 Å². The van der Waals surface area contributed by atoms with Gasteiger partial charge >= 0.3 is 0 Å². The number of nitrogens with one attached hydrogen (secondary N) is 1. The summed E-state index contributed by atoms with van der Waals surface area (Å²) in [7, 11) is 1.74. The maximum atomic E-state index is 5.16. The zero-order valence-electron chi connectivity index (χ0n) is 12.4. The first kappa shape index (κ1) is 14.6. The molecule has 0 saturated heterocycles. The topological polar surface area (TPSA) is 21.3 Å². The number of benzene rings is 2. The van der Waals surface area contributed by atoms with Gasteiger partial charge in [-0.25, -0.2) is 0 Å². The fourth-order valence-corrected chi connectivity index (χ4v) is 2.21. The second kappa shape index (κ2) is 7.71. The predicted octanol–water partition coefficient (Wildman–Crippen LogP) is 4.05. The first-order valence-corrected chi connectivity index (χ1v) is 7.22. The Labute approximate surface area is 121 Å². The summed E-state index contributed by atoms with van der Waals surface area (Å²) in [6.07, 6.45) is 2.03. The van der Waals surface area contributed by atoms with E-state index < -0.39 is 0 Å². The number of ether oxygens (including phenoxy) is 1. The van der Waals surface area contributed by atoms with Gasteiger partial charge in [0.15, 0.2) is 0 Å². The Morgan fingerprint density at radius 2 is 1.65 bits per heavy atom. The molecule has 0 spiro atoms. The van der Waals surface area contributed by atoms with Crippen LogP contribution < -0.4 is 5.32 Å². The van der Waals surface area contributed by atoms with Crippen molar-refractivity contribution in [3.05, 3.63) is 65.2 Å². The van der Waals surface area contributed by atoms with Gasteiger partial charge in [0.25, 0.3) is 0 Å². The molecule has 0 amide bonds. The Kier molecular flexibility index (Phi) is 5.63. The molecular formula is C18H23NO. The van der Waals surface area contributed by atoms with E-state index >= 15 is 0 Å². The van der Waals surface area contributed by atoms with E-state index in [-0.39, 0.29) is 0 Å². The van der Waals surface area contributed by atoms with E-state index in [1.807, 2.05) is 0 Å². The second-order valence-electron chi connectivity index (χ2n) is 4.92. The van der Waals surface area contributed by atoms with Crippen LogP contribution in [0.3, 0.4) is 0 Å². The molecule has 2 aromatic carbocycles. The van der Waals surface area contributed by atoms with Gasteiger partial charge in [-0.3, -0.25) is 0 Å². The lowest BCUT2D eigenvalue weighted by atomic mass is 10.1. The minimum atomic E-state index is 0.754. The van der Waals surface area contributed by atoms with Gasteiger partial charge in [0.1, 0.15) is 0 Å². The Hall–Kier alpha value is -1.80. The molecule has 0 aliphatic rings. The molecule has 0 heterocycles. The summed E-state index contributed by atoms with van der Waals surface area (Å²) in [4.78, 5) is 0. The van der Waals surface area contributed by atoms with Crippen molar-refractivity contribution < 1.29 is 4.74 Å². The monoisotopic (exact) mass is 269 g/mol. The van der Waals surface area contributed by atoms with E-state index in [0.29, 0.717) is 0 Å². The number of rotatable bonds is 7. The van der Waals surface area contributed by atoms with E-state index in [2.05, 4.69) is 60.8 Å². The van der Waals surface area contributed by atoms with E-state index in [1.165, 1.54) is 22.4 Å². The van der Waals surface area contributed by atoms with Crippen LogP contribution in [0.5, 0.6) is 0 Å². The molecule has 2 nitrogen and oxygen atoms in total. The zero-order chi connectivity index (χ0) is 14.2. The summed E-state index contributed by atoms with van der Waals surface area (Å²) in [5, 5.41) is 3.52. The third kappa shape index (κ3) is 4.10. The summed E-state index contributed by atoms with van der Waals surface area (Å²) in [5.41, 5.74) is 5.20. The summed E-state index contributed by atoms with van der Waals surface area (Å²) in [5.74, 6) is 0. The van der Waals surface area contributed by atoms with Crippen LogP contribution in [0, 0.1) is 0 Å². The minimum Gasteiger partial charge on any atom is -0.384 e. The highest BCUT2D eigenvalue weighted by Gasteiger charge is 2.01. The average Bonchev–Trinajstić information content (AvgIpc) is 2.52. The van der Waals surface area contributed by atoms with Crippen LogP contribution in [0.4, 0.5) is 5.69 Å². The van der Waals surface area contributed by atoms with Crippen molar-refractivity contribution in [2.45, 2.75) is 26.3 Å². The van der Waals surface area contributed by atoms with Crippen molar-refractivity contribution in [3.8, 4) is 0 Å². The van der Waals surface area contributed by atoms with Crippen molar-refractivity contribution in [1.29, 1.82) is 0 Å². The first-order valence-electron chi connectivity index (χ1n) is 7.22. The second-order valence-corrected chi connectivity index (χ2v) is 4.92. The van der Waals surface area contributed by atoms with E-state index in [4.69, 9.17) is 4.74 Å². The van der Waals surface area contributed by atoms with Crippen LogP contribution in [-0.2, 0) is 24.1 Å². The van der Waals surface area contributed by atoms with Crippen LogP contribution in [0.25, 0.3) is 0 Å². The average molecular weight is 269 g/mol. The van der Waals surface area contributed by atoms with Gasteiger partial charge < -0.3 is 10.1 Å². The minimum absolute atomic E-state index is 0.754. The SMILES string of the molecule is CCc1ccc(CNc2ccccc2CCOC)cc1. The maximum Gasteiger partial charge on any atom is 0.0503 e. The van der Waals surface area contributed by atoms with Gasteiger partial charge in [0.2, 0.25) is 0 Å². The van der Waals surface area contributed by atoms with Gasteiger partial charge in [-0.2, -0.15) is 0 Å². The summed E-state index contributed by atoms with van der Waals surface area (Å²) >= 11 is 0. The predicted molar refractivity (Wildman–Crippen MR) is 85.2 cm³/mol. The van der Waals surface area contributed by atoms with E-state index in [9.17, 15) is 0 Å². The van der Waals surface area contributed by atoms with Crippen LogP contribution in [-0.4, -0.2) is 13.7 Å². The lowest BCUT2D eigenvalue weighted by Gasteiger charge is -2.12. The van der Waals surface area contributed by atoms with Crippen molar-refractivity contribution in [2.75, 3.05) is 19.0 Å². The molecule has 0 unspecified atom stereocenters. The third-order valence-corrected chi connectivity index (χ3v) is 3.51. The number of methoxy groups -OCH3 is 1. The lowest BCUT2D eigenvalue weighted by Crippen LogP contribution is -2.04. The number of hydrogen-bond donors (Lipinski definition) is 1. The van der Waals surface area contributed by atoms with Crippen LogP contribution >= 0.6 is 0 Å². The molecule has 0 bridgehead atoms. The molecule has 106 valence electrons. The maximum absolute atomic E-state index is 5.16. The molecular weight excluding hydrogens is 246 g/mol. The summed E-state index contributed by atoms with van der Waals surface area (Å²) in [6.45, 7) is 3.79. The smallest absolute Gasteiger partial charge is 0.0503 e. The molecule has 0 saturated carbocycles. The van der Waals surface area contributed by atoms with Gasteiger partial charge in [-0.15, -0.1) is 0 Å². The number of aryl methyl sites for hydroxylation is 1. The van der Waals surface area contributed by atoms with Crippen LogP contribution in [0.2, 0.25) is 0 Å². The Morgan fingerprint density at radius 3 is 2.35 bits per heavy atom. The summed E-state index contributed by atoms with van der Waals surface area (Å²) in [6, 6.07) is 17.2. The quantitative estimate of drug-likeness (QED) is 0.818. The van der Waals surface area contributed by atoms with Crippen LogP contribution in [0.15, 0.2) is 48.5 Å².